The third-order valence-corrected chi connectivity index (χ3v) is 0.518. The molecule has 0 saturated heterocycles. The second-order valence-corrected chi connectivity index (χ2v) is 1.76. The Morgan fingerprint density at radius 2 is 2.14 bits per heavy atom. The van der Waals surface area contributed by atoms with E-state index in [1.807, 2.05) is 20.1 Å². The summed E-state index contributed by atoms with van der Waals surface area (Å²) in [4.78, 5) is 0. The minimum absolute atomic E-state index is 0.939. The first-order chi connectivity index (χ1) is 3.27. The summed E-state index contributed by atoms with van der Waals surface area (Å²) in [6.07, 6.45) is 1.83. The Hall–Kier alpha value is -0.180. The van der Waals surface area contributed by atoms with E-state index in [0.717, 1.165) is 5.71 Å². The number of hydrogen-bond acceptors (Lipinski definition) is 3. The van der Waals surface area contributed by atoms with Crippen LogP contribution in [0.4, 0.5) is 0 Å². The third kappa shape index (κ3) is 5.82. The molecule has 2 nitrogen and oxygen atoms in total. The topological polar surface area (TPSA) is 21.6 Å². The average molecular weight is 119 g/mol. The van der Waals surface area contributed by atoms with Gasteiger partial charge < -0.3 is 4.28 Å². The van der Waals surface area contributed by atoms with Crippen molar-refractivity contribution in [1.29, 1.82) is 0 Å². The molecule has 0 heterocycles. The van der Waals surface area contributed by atoms with Crippen molar-refractivity contribution in [1.82, 2.24) is 0 Å². The standard InChI is InChI=1S/C4H9NOS/c1-4(2)5-6-7-3/h1-3H3. The number of nitrogens with zero attached hydrogens (tertiary/aromatic N) is 1. The molecule has 0 amide bonds. The van der Waals surface area contributed by atoms with Crippen molar-refractivity contribution < 1.29 is 4.28 Å². The van der Waals surface area contributed by atoms with Gasteiger partial charge in [0.2, 0.25) is 0 Å². The highest BCUT2D eigenvalue weighted by atomic mass is 32.2. The Bertz CT molecular complexity index is 68.1. The molecule has 0 aromatic rings. The van der Waals surface area contributed by atoms with E-state index in [2.05, 4.69) is 9.44 Å². The van der Waals surface area contributed by atoms with Crippen LogP contribution in [0, 0.1) is 0 Å². The van der Waals surface area contributed by atoms with Gasteiger partial charge in [-0.25, -0.2) is 0 Å². The Labute approximate surface area is 48.1 Å². The molecule has 0 aromatic heterocycles. The summed E-state index contributed by atoms with van der Waals surface area (Å²) in [7, 11) is 0. The number of hydrogen-bond donors (Lipinski definition) is 0. The second kappa shape index (κ2) is 3.99. The molecule has 3 heteroatoms. The Morgan fingerprint density at radius 1 is 1.57 bits per heavy atom. The lowest BCUT2D eigenvalue weighted by atomic mass is 10.5. The van der Waals surface area contributed by atoms with Crippen molar-refractivity contribution in [3.05, 3.63) is 0 Å². The lowest BCUT2D eigenvalue weighted by Gasteiger charge is -1.87. The van der Waals surface area contributed by atoms with Crippen molar-refractivity contribution in [2.75, 3.05) is 6.26 Å². The van der Waals surface area contributed by atoms with Crippen molar-refractivity contribution in [2.45, 2.75) is 13.8 Å². The lowest BCUT2D eigenvalue weighted by molar-refractivity contribution is 0.407. The van der Waals surface area contributed by atoms with Crippen LogP contribution in [0.3, 0.4) is 0 Å². The first kappa shape index (κ1) is 6.82. The van der Waals surface area contributed by atoms with E-state index in [1.165, 1.54) is 12.0 Å². The highest BCUT2D eigenvalue weighted by Crippen LogP contribution is 1.94. The van der Waals surface area contributed by atoms with E-state index in [9.17, 15) is 0 Å². The van der Waals surface area contributed by atoms with Gasteiger partial charge in [0.05, 0.1) is 17.8 Å². The maximum atomic E-state index is 4.60. The largest absolute Gasteiger partial charge is 0.323 e. The summed E-state index contributed by atoms with van der Waals surface area (Å²) >= 11 is 1.24. The lowest BCUT2D eigenvalue weighted by Crippen LogP contribution is -1.78. The summed E-state index contributed by atoms with van der Waals surface area (Å²) in [5.41, 5.74) is 0.939. The van der Waals surface area contributed by atoms with Crippen LogP contribution in [-0.2, 0) is 4.28 Å². The van der Waals surface area contributed by atoms with Gasteiger partial charge in [0.15, 0.2) is 0 Å². The van der Waals surface area contributed by atoms with Gasteiger partial charge in [-0.1, -0.05) is 5.16 Å². The van der Waals surface area contributed by atoms with Crippen LogP contribution in [0.5, 0.6) is 0 Å². The zero-order valence-electron chi connectivity index (χ0n) is 4.76. The highest BCUT2D eigenvalue weighted by molar-refractivity contribution is 7.93. The molecule has 0 rings (SSSR count). The summed E-state index contributed by atoms with van der Waals surface area (Å²) in [6, 6.07) is 0. The molecule has 7 heavy (non-hydrogen) atoms. The first-order valence-electron chi connectivity index (χ1n) is 1.98. The van der Waals surface area contributed by atoms with E-state index in [-0.39, 0.29) is 0 Å². The predicted octanol–water partition coefficient (Wildman–Crippen LogP) is 1.68. The van der Waals surface area contributed by atoms with Gasteiger partial charge in [0.1, 0.15) is 0 Å². The predicted molar refractivity (Wildman–Crippen MR) is 33.4 cm³/mol. The number of oxime groups is 1. The van der Waals surface area contributed by atoms with E-state index in [0.29, 0.717) is 0 Å². The van der Waals surface area contributed by atoms with E-state index >= 15 is 0 Å². The van der Waals surface area contributed by atoms with Gasteiger partial charge >= 0.3 is 0 Å². The minimum Gasteiger partial charge on any atom is -0.323 e. The zero-order valence-corrected chi connectivity index (χ0v) is 5.58. The molecular weight excluding hydrogens is 110 g/mol. The van der Waals surface area contributed by atoms with Crippen LogP contribution in [0.2, 0.25) is 0 Å². The van der Waals surface area contributed by atoms with Crippen LogP contribution in [0.15, 0.2) is 5.16 Å². The van der Waals surface area contributed by atoms with E-state index in [1.54, 1.807) is 0 Å². The van der Waals surface area contributed by atoms with Crippen molar-refractivity contribution in [2.24, 2.45) is 5.16 Å². The monoisotopic (exact) mass is 119 g/mol. The van der Waals surface area contributed by atoms with Gasteiger partial charge in [-0.3, -0.25) is 0 Å². The maximum absolute atomic E-state index is 4.60. The van der Waals surface area contributed by atoms with Gasteiger partial charge in [-0.2, -0.15) is 0 Å². The molecular formula is C4H9NOS. The molecule has 0 bridgehead atoms. The van der Waals surface area contributed by atoms with Gasteiger partial charge in [-0.15, -0.1) is 0 Å². The van der Waals surface area contributed by atoms with E-state index < -0.39 is 0 Å². The van der Waals surface area contributed by atoms with Crippen LogP contribution in [0.1, 0.15) is 13.8 Å². The molecule has 0 atom stereocenters. The van der Waals surface area contributed by atoms with Crippen LogP contribution in [-0.4, -0.2) is 12.0 Å². The van der Waals surface area contributed by atoms with Crippen LogP contribution >= 0.6 is 12.0 Å². The fraction of sp³-hybridized carbons (Fsp3) is 0.750. The van der Waals surface area contributed by atoms with E-state index in [4.69, 9.17) is 0 Å². The smallest absolute Gasteiger partial charge is 0.0842 e. The fourth-order valence-corrected chi connectivity index (χ4v) is 0.335. The van der Waals surface area contributed by atoms with Crippen molar-refractivity contribution in [3.8, 4) is 0 Å². The molecule has 0 aliphatic rings. The Kier molecular flexibility index (Phi) is 3.89. The van der Waals surface area contributed by atoms with Gasteiger partial charge in [-0.05, 0) is 13.8 Å². The molecule has 0 fully saturated rings. The fourth-order valence-electron chi connectivity index (χ4n) is 0.112. The van der Waals surface area contributed by atoms with Crippen molar-refractivity contribution >= 4 is 17.8 Å². The summed E-state index contributed by atoms with van der Waals surface area (Å²) in [5.74, 6) is 0. The number of rotatable bonds is 2. The summed E-state index contributed by atoms with van der Waals surface area (Å²) < 4.78 is 4.60. The van der Waals surface area contributed by atoms with Crippen molar-refractivity contribution in [3.63, 3.8) is 0 Å². The van der Waals surface area contributed by atoms with Gasteiger partial charge in [0, 0.05) is 6.26 Å². The molecule has 0 spiro atoms. The second-order valence-electron chi connectivity index (χ2n) is 1.28. The molecule has 0 unspecified atom stereocenters. The third-order valence-electron chi connectivity index (χ3n) is 0.294. The Balaban J connectivity index is 3.08. The van der Waals surface area contributed by atoms with Crippen LogP contribution < -0.4 is 0 Å². The highest BCUT2D eigenvalue weighted by Gasteiger charge is 1.74. The maximum Gasteiger partial charge on any atom is 0.0842 e. The zero-order chi connectivity index (χ0) is 5.70. The molecule has 0 aliphatic heterocycles. The van der Waals surface area contributed by atoms with Gasteiger partial charge in [0.25, 0.3) is 0 Å². The molecule has 0 saturated carbocycles. The first-order valence-corrected chi connectivity index (χ1v) is 3.13. The minimum atomic E-state index is 0.939. The summed E-state index contributed by atoms with van der Waals surface area (Å²) in [5, 5.41) is 3.62. The molecule has 42 valence electrons. The average Bonchev–Trinajstić information content (AvgIpc) is 1.61. The molecule has 0 aliphatic carbocycles. The SMILES string of the molecule is CSON=C(C)C. The normalized spacial score (nSPS) is 7.86. The molecule has 0 N–H and O–H groups in total. The molecule has 0 aromatic carbocycles. The summed E-state index contributed by atoms with van der Waals surface area (Å²) in [6.45, 7) is 3.77. The Morgan fingerprint density at radius 3 is 2.29 bits per heavy atom. The molecule has 0 radical (unpaired) electrons. The van der Waals surface area contributed by atoms with Crippen LogP contribution in [0.25, 0.3) is 0 Å². The quantitative estimate of drug-likeness (QED) is 0.313.